The van der Waals surface area contributed by atoms with Crippen LogP contribution in [0.1, 0.15) is 98.6 Å². The topological polar surface area (TPSA) is 125 Å². The van der Waals surface area contributed by atoms with Crippen molar-refractivity contribution >= 4 is 23.7 Å². The largest absolute Gasteiger partial charge is 0.463 e. The van der Waals surface area contributed by atoms with Crippen LogP contribution in [0.25, 0.3) is 0 Å². The smallest absolute Gasteiger partial charge is 0.306 e. The van der Waals surface area contributed by atoms with Gasteiger partial charge in [0.15, 0.2) is 0 Å². The second-order valence-corrected chi connectivity index (χ2v) is 16.2. The van der Waals surface area contributed by atoms with Gasteiger partial charge in [-0.2, -0.15) is 0 Å². The van der Waals surface area contributed by atoms with Gasteiger partial charge in [-0.25, -0.2) is 0 Å². The summed E-state index contributed by atoms with van der Waals surface area (Å²) in [6, 6.07) is 6.93. The molecule has 2 bridgehead atoms. The van der Waals surface area contributed by atoms with Gasteiger partial charge in [-0.3, -0.25) is 19.2 Å². The van der Waals surface area contributed by atoms with Gasteiger partial charge in [0, 0.05) is 18.5 Å². The Morgan fingerprint density at radius 2 is 1.84 bits per heavy atom. The number of allylic oxidation sites excluding steroid dienone is 1. The van der Waals surface area contributed by atoms with E-state index in [1.807, 2.05) is 58.0 Å². The predicted octanol–water partition coefficient (Wildman–Crippen LogP) is 5.36. The number of benzene rings is 1. The number of nitrogens with zero attached hydrogens (tertiary/aromatic N) is 2. The molecule has 1 spiro atoms. The lowest BCUT2D eigenvalue weighted by molar-refractivity contribution is -0.156. The third kappa shape index (κ3) is 7.86. The van der Waals surface area contributed by atoms with Gasteiger partial charge < -0.3 is 29.7 Å². The van der Waals surface area contributed by atoms with Crippen molar-refractivity contribution in [1.82, 2.24) is 15.1 Å². The summed E-state index contributed by atoms with van der Waals surface area (Å²) in [6.45, 7) is 21.9. The van der Waals surface area contributed by atoms with Gasteiger partial charge in [0.2, 0.25) is 17.7 Å². The van der Waals surface area contributed by atoms with E-state index < -0.39 is 53.2 Å². The summed E-state index contributed by atoms with van der Waals surface area (Å²) in [5.74, 6) is -3.30. The number of carbonyl (C=O) groups excluding carboxylic acids is 4. The molecule has 1 aromatic carbocycles. The molecule has 2 N–H and O–H groups in total. The molecule has 0 saturated carbocycles. The van der Waals surface area contributed by atoms with Crippen molar-refractivity contribution in [1.29, 1.82) is 0 Å². The molecule has 0 aromatic heterocycles. The molecule has 4 rings (SSSR count). The molecule has 3 saturated heterocycles. The summed E-state index contributed by atoms with van der Waals surface area (Å²) in [7, 11) is 0. The Kier molecular flexibility index (Phi) is 12.4. The summed E-state index contributed by atoms with van der Waals surface area (Å²) in [6.07, 6.45) is 5.75. The van der Waals surface area contributed by atoms with E-state index in [-0.39, 0.29) is 55.2 Å². The van der Waals surface area contributed by atoms with E-state index in [0.29, 0.717) is 32.1 Å². The van der Waals surface area contributed by atoms with E-state index in [9.17, 15) is 19.5 Å². The summed E-state index contributed by atoms with van der Waals surface area (Å²) >= 11 is 0. The molecular formula is C40H59N3O7. The van der Waals surface area contributed by atoms with Gasteiger partial charge in [0.1, 0.15) is 18.2 Å². The van der Waals surface area contributed by atoms with Gasteiger partial charge in [-0.1, -0.05) is 83.5 Å². The molecule has 1 aromatic rings. The standard InChI is InChI=1S/C40H59N3O7/c1-10-13-19-31(45)49-24-28(27-17-15-14-16-18-27)41-35(46)32-30-20-21-40(50-30)33(32)36(47)43(29(23-44)26(4)12-3)34(40)37(48)42(22-11-2)39(8,9)25-38(5,6)7/h10-11,14-18,26,28-30,32-34,44H,1-2,12-13,19-25H2,3-9H3,(H,41,46)/t26-,28+,29-,30-,32+,33+,34-,40+/m0/s1. The maximum Gasteiger partial charge on any atom is 0.306 e. The average molecular weight is 694 g/mol. The Labute approximate surface area is 298 Å². The van der Waals surface area contributed by atoms with E-state index in [1.54, 1.807) is 22.0 Å². The van der Waals surface area contributed by atoms with Crippen molar-refractivity contribution in [2.75, 3.05) is 19.8 Å². The van der Waals surface area contributed by atoms with Crippen LogP contribution in [0.4, 0.5) is 0 Å². The van der Waals surface area contributed by atoms with E-state index in [0.717, 1.165) is 5.56 Å². The highest BCUT2D eigenvalue weighted by molar-refractivity contribution is 5.99. The van der Waals surface area contributed by atoms with Crippen LogP contribution in [0.3, 0.4) is 0 Å². The number of nitrogens with one attached hydrogen (secondary N) is 1. The molecule has 10 heteroatoms. The van der Waals surface area contributed by atoms with E-state index in [2.05, 4.69) is 39.2 Å². The fourth-order valence-electron chi connectivity index (χ4n) is 8.79. The van der Waals surface area contributed by atoms with Crippen LogP contribution in [0.15, 0.2) is 55.6 Å². The fraction of sp³-hybridized carbons (Fsp3) is 0.650. The zero-order valence-corrected chi connectivity index (χ0v) is 31.2. The van der Waals surface area contributed by atoms with Crippen LogP contribution < -0.4 is 5.32 Å². The lowest BCUT2D eigenvalue weighted by Crippen LogP contribution is -2.63. The molecule has 0 radical (unpaired) electrons. The maximum absolute atomic E-state index is 15.1. The number of likely N-dealkylation sites (tertiary alicyclic amines) is 1. The average Bonchev–Trinajstić information content (AvgIpc) is 3.71. The van der Waals surface area contributed by atoms with Gasteiger partial charge in [0.05, 0.1) is 36.6 Å². The Hall–Kier alpha value is -3.50. The third-order valence-corrected chi connectivity index (χ3v) is 10.9. The van der Waals surface area contributed by atoms with Crippen LogP contribution in [0.2, 0.25) is 0 Å². The Morgan fingerprint density at radius 3 is 2.42 bits per heavy atom. The van der Waals surface area contributed by atoms with Crippen molar-refractivity contribution in [3.05, 3.63) is 61.2 Å². The first-order chi connectivity index (χ1) is 23.6. The van der Waals surface area contributed by atoms with Crippen LogP contribution in [0.5, 0.6) is 0 Å². The molecular weight excluding hydrogens is 634 g/mol. The second-order valence-electron chi connectivity index (χ2n) is 16.2. The third-order valence-electron chi connectivity index (χ3n) is 10.9. The molecule has 8 atom stereocenters. The summed E-state index contributed by atoms with van der Waals surface area (Å²) in [5, 5.41) is 13.9. The number of esters is 1. The quantitative estimate of drug-likeness (QED) is 0.166. The van der Waals surface area contributed by atoms with Crippen LogP contribution in [0, 0.1) is 23.2 Å². The Bertz CT molecular complexity index is 1410. The minimum Gasteiger partial charge on any atom is -0.463 e. The van der Waals surface area contributed by atoms with Crippen molar-refractivity contribution in [3.63, 3.8) is 0 Å². The minimum absolute atomic E-state index is 0.0824. The molecule has 3 fully saturated rings. The number of amides is 3. The number of aliphatic hydroxyl groups excluding tert-OH is 1. The molecule has 3 heterocycles. The lowest BCUT2D eigenvalue weighted by Gasteiger charge is -2.47. The number of ether oxygens (including phenoxy) is 2. The van der Waals surface area contributed by atoms with Crippen LogP contribution in [-0.4, -0.2) is 87.7 Å². The van der Waals surface area contributed by atoms with Gasteiger partial charge >= 0.3 is 5.97 Å². The number of fused-ring (bicyclic) bond motifs is 1. The second kappa shape index (κ2) is 15.8. The van der Waals surface area contributed by atoms with Crippen molar-refractivity contribution in [2.45, 2.75) is 122 Å². The van der Waals surface area contributed by atoms with E-state index in [4.69, 9.17) is 9.47 Å². The van der Waals surface area contributed by atoms with Crippen molar-refractivity contribution in [3.8, 4) is 0 Å². The number of hydrogen-bond donors (Lipinski definition) is 2. The first kappa shape index (κ1) is 39.3. The fourth-order valence-corrected chi connectivity index (χ4v) is 8.79. The van der Waals surface area contributed by atoms with Crippen LogP contribution in [-0.2, 0) is 28.7 Å². The minimum atomic E-state index is -1.24. The molecule has 50 heavy (non-hydrogen) atoms. The molecule has 0 aliphatic carbocycles. The zero-order valence-electron chi connectivity index (χ0n) is 31.2. The van der Waals surface area contributed by atoms with Gasteiger partial charge in [-0.15, -0.1) is 13.2 Å². The zero-order chi connectivity index (χ0) is 37.0. The van der Waals surface area contributed by atoms with Crippen molar-refractivity contribution < 1.29 is 33.8 Å². The predicted molar refractivity (Wildman–Crippen MR) is 193 cm³/mol. The van der Waals surface area contributed by atoms with Gasteiger partial charge in [-0.05, 0) is 56.4 Å². The number of aliphatic hydroxyl groups is 1. The highest BCUT2D eigenvalue weighted by Gasteiger charge is 2.75. The molecule has 3 aliphatic rings. The normalized spacial score (nSPS) is 26.2. The highest BCUT2D eigenvalue weighted by atomic mass is 16.5. The lowest BCUT2D eigenvalue weighted by atomic mass is 9.70. The molecule has 0 unspecified atom stereocenters. The number of hydrogen-bond acceptors (Lipinski definition) is 7. The number of carbonyl (C=O) groups is 4. The highest BCUT2D eigenvalue weighted by Crippen LogP contribution is 2.59. The first-order valence-corrected chi connectivity index (χ1v) is 18.2. The number of rotatable bonds is 17. The molecule has 3 aliphatic heterocycles. The van der Waals surface area contributed by atoms with E-state index in [1.165, 1.54) is 0 Å². The molecule has 10 nitrogen and oxygen atoms in total. The monoisotopic (exact) mass is 693 g/mol. The first-order valence-electron chi connectivity index (χ1n) is 18.2. The Balaban J connectivity index is 1.74. The van der Waals surface area contributed by atoms with Crippen LogP contribution >= 0.6 is 0 Å². The molecule has 276 valence electrons. The molecule has 3 amide bonds. The summed E-state index contributed by atoms with van der Waals surface area (Å²) in [4.78, 5) is 60.2. The van der Waals surface area contributed by atoms with E-state index >= 15 is 4.79 Å². The SMILES string of the molecule is C=CCCC(=O)OC[C@@H](NC(=O)[C@@H]1[C@@H]2CC[C@]3(O2)[C@H](C(=O)N(CC=C)C(C)(C)CC(C)(C)C)N([C@@H](CO)[C@@H](C)CC)C(=O)[C@@H]13)c1ccccc1. The van der Waals surface area contributed by atoms with Crippen molar-refractivity contribution in [2.24, 2.45) is 23.2 Å². The summed E-state index contributed by atoms with van der Waals surface area (Å²) < 4.78 is 12.3. The summed E-state index contributed by atoms with van der Waals surface area (Å²) in [5.41, 5.74) is -1.18. The maximum atomic E-state index is 15.1. The Morgan fingerprint density at radius 1 is 1.16 bits per heavy atom. The van der Waals surface area contributed by atoms with Gasteiger partial charge in [0.25, 0.3) is 0 Å².